The number of hydrogen-bond donors (Lipinski definition) is 0. The van der Waals surface area contributed by atoms with E-state index in [4.69, 9.17) is 18.6 Å². The van der Waals surface area contributed by atoms with E-state index in [-0.39, 0.29) is 5.41 Å². The van der Waals surface area contributed by atoms with Gasteiger partial charge in [0.25, 0.3) is 0 Å². The monoisotopic (exact) mass is 719 g/mol. The molecule has 8 heteroatoms. The minimum atomic E-state index is -0.465. The molecule has 55 heavy (non-hydrogen) atoms. The molecule has 10 rings (SSSR count). The van der Waals surface area contributed by atoms with Crippen LogP contribution in [0, 0.1) is 0 Å². The molecule has 4 aromatic heterocycles. The Hall–Kier alpha value is -6.93. The maximum absolute atomic E-state index is 13.4. The van der Waals surface area contributed by atoms with Crippen molar-refractivity contribution in [2.45, 2.75) is 38.7 Å². The van der Waals surface area contributed by atoms with Crippen LogP contribution < -0.4 is 11.3 Å². The highest BCUT2D eigenvalue weighted by atomic mass is 16.5. The highest BCUT2D eigenvalue weighted by Gasteiger charge is 2.26. The Bertz CT molecular complexity index is 3190. The van der Waals surface area contributed by atoms with Gasteiger partial charge in [0.1, 0.15) is 34.3 Å². The highest BCUT2D eigenvalue weighted by molar-refractivity contribution is 6.23. The van der Waals surface area contributed by atoms with Gasteiger partial charge in [-0.15, -0.1) is 0 Å². The Morgan fingerprint density at radius 1 is 0.600 bits per heavy atom. The molecule has 1 aliphatic heterocycles. The molecule has 5 aromatic carbocycles. The summed E-state index contributed by atoms with van der Waals surface area (Å²) in [6.07, 6.45) is 5.28. The first kappa shape index (κ1) is 32.7. The summed E-state index contributed by atoms with van der Waals surface area (Å²) in [6, 6.07) is 35.5. The molecule has 0 spiro atoms. The van der Waals surface area contributed by atoms with Crippen LogP contribution in [0.4, 0.5) is 0 Å². The largest absolute Gasteiger partial charge is 0.483 e. The van der Waals surface area contributed by atoms with Crippen molar-refractivity contribution >= 4 is 60.0 Å². The third kappa shape index (κ3) is 5.48. The second-order valence-electron chi connectivity index (χ2n) is 15.0. The first-order valence-electron chi connectivity index (χ1n) is 18.2. The quantitative estimate of drug-likeness (QED) is 0.131. The number of rotatable bonds is 4. The maximum atomic E-state index is 13.4. The Kier molecular flexibility index (Phi) is 7.32. The highest BCUT2D eigenvalue weighted by Crippen LogP contribution is 2.39. The van der Waals surface area contributed by atoms with E-state index < -0.39 is 17.4 Å². The fraction of sp³-hybridized carbons (Fsp3) is 0.128. The predicted octanol–water partition coefficient (Wildman–Crippen LogP) is 10.7. The topological polar surface area (TPSA) is 108 Å². The number of benzene rings is 5. The fourth-order valence-electron chi connectivity index (χ4n) is 7.67. The summed E-state index contributed by atoms with van der Waals surface area (Å²) >= 11 is 0. The van der Waals surface area contributed by atoms with Crippen LogP contribution in [-0.4, -0.2) is 15.0 Å². The SMILES string of the molecule is CC(C)(C)c1ccc2c(ccc3oc(=O)c(-c4cccc(-c5cnc(C6CC=C(c7cc8c9ccccc9c9ccccc9c8oc7=O)O6)cn5)n4)cc32)c1. The Morgan fingerprint density at radius 2 is 1.31 bits per heavy atom. The second kappa shape index (κ2) is 12.3. The molecular formula is C47H33N3O5. The van der Waals surface area contributed by atoms with Crippen molar-refractivity contribution in [2.24, 2.45) is 0 Å². The van der Waals surface area contributed by atoms with Gasteiger partial charge in [-0.25, -0.2) is 14.6 Å². The van der Waals surface area contributed by atoms with Crippen molar-refractivity contribution in [2.75, 3.05) is 0 Å². The van der Waals surface area contributed by atoms with Crippen molar-refractivity contribution in [3.63, 3.8) is 0 Å². The van der Waals surface area contributed by atoms with Crippen LogP contribution >= 0.6 is 0 Å². The zero-order valence-corrected chi connectivity index (χ0v) is 30.3. The van der Waals surface area contributed by atoms with Crippen LogP contribution in [0.5, 0.6) is 0 Å². The standard InChI is InChI=1S/C47H33N3O5/c1-47(2,3)27-16-17-28-26(21-27)15-18-41-33(28)22-35(45(51)54-41)37-13-8-14-38(50-37)39-24-49-40(25-48-39)43-20-19-42(53-43)36-23-34-31-11-5-4-9-29(31)30-10-6-7-12-32(30)44(34)55-46(36)52/h4-19,21-25,43H,20H2,1-3H3. The van der Waals surface area contributed by atoms with E-state index in [2.05, 4.69) is 55.0 Å². The first-order valence-corrected chi connectivity index (χ1v) is 18.2. The van der Waals surface area contributed by atoms with E-state index in [1.807, 2.05) is 84.9 Å². The lowest BCUT2D eigenvalue weighted by Crippen LogP contribution is -2.10. The Labute approximate surface area is 314 Å². The van der Waals surface area contributed by atoms with Crippen LogP contribution in [0.3, 0.4) is 0 Å². The average molecular weight is 720 g/mol. The lowest BCUT2D eigenvalue weighted by Gasteiger charge is -2.19. The summed E-state index contributed by atoms with van der Waals surface area (Å²) < 4.78 is 18.1. The van der Waals surface area contributed by atoms with Gasteiger partial charge >= 0.3 is 11.3 Å². The summed E-state index contributed by atoms with van der Waals surface area (Å²) in [7, 11) is 0. The summed E-state index contributed by atoms with van der Waals surface area (Å²) in [4.78, 5) is 40.8. The van der Waals surface area contributed by atoms with E-state index in [0.717, 1.165) is 43.1 Å². The molecule has 0 radical (unpaired) electrons. The zero-order valence-electron chi connectivity index (χ0n) is 30.3. The van der Waals surface area contributed by atoms with Crippen LogP contribution in [0.1, 0.15) is 50.1 Å². The fourth-order valence-corrected chi connectivity index (χ4v) is 7.67. The number of fused-ring (bicyclic) bond motifs is 9. The molecule has 0 aliphatic carbocycles. The number of nitrogens with zero attached hydrogens (tertiary/aromatic N) is 3. The van der Waals surface area contributed by atoms with Gasteiger partial charge in [-0.3, -0.25) is 9.97 Å². The number of hydrogen-bond acceptors (Lipinski definition) is 8. The molecule has 0 bridgehead atoms. The van der Waals surface area contributed by atoms with E-state index in [1.165, 1.54) is 5.56 Å². The van der Waals surface area contributed by atoms with Gasteiger partial charge in [-0.05, 0) is 74.3 Å². The molecule has 266 valence electrons. The molecule has 8 nitrogen and oxygen atoms in total. The zero-order chi connectivity index (χ0) is 37.4. The third-order valence-corrected chi connectivity index (χ3v) is 10.6. The summed E-state index contributed by atoms with van der Waals surface area (Å²) in [6.45, 7) is 6.57. The minimum Gasteiger partial charge on any atom is -0.483 e. The predicted molar refractivity (Wildman–Crippen MR) is 217 cm³/mol. The Morgan fingerprint density at radius 3 is 2.07 bits per heavy atom. The van der Waals surface area contributed by atoms with Crippen LogP contribution in [0.25, 0.3) is 82.7 Å². The molecule has 0 saturated carbocycles. The van der Waals surface area contributed by atoms with Gasteiger partial charge in [-0.2, -0.15) is 0 Å². The van der Waals surface area contributed by atoms with E-state index in [9.17, 15) is 9.59 Å². The molecule has 1 unspecified atom stereocenters. The van der Waals surface area contributed by atoms with Crippen molar-refractivity contribution in [1.29, 1.82) is 0 Å². The van der Waals surface area contributed by atoms with Gasteiger partial charge in [0.05, 0.1) is 35.0 Å². The number of aromatic nitrogens is 3. The normalized spacial score (nSPS) is 14.6. The van der Waals surface area contributed by atoms with Gasteiger partial charge in [-0.1, -0.05) is 99.6 Å². The van der Waals surface area contributed by atoms with Gasteiger partial charge < -0.3 is 13.6 Å². The van der Waals surface area contributed by atoms with Gasteiger partial charge in [0.15, 0.2) is 0 Å². The summed E-state index contributed by atoms with van der Waals surface area (Å²) in [5.74, 6) is 0.453. The van der Waals surface area contributed by atoms with Crippen LogP contribution in [0.2, 0.25) is 0 Å². The molecule has 1 aliphatic rings. The van der Waals surface area contributed by atoms with Gasteiger partial charge in [0, 0.05) is 22.6 Å². The van der Waals surface area contributed by atoms with Crippen molar-refractivity contribution < 1.29 is 13.6 Å². The molecule has 5 heterocycles. The van der Waals surface area contributed by atoms with Crippen LogP contribution in [0.15, 0.2) is 146 Å². The van der Waals surface area contributed by atoms with E-state index in [0.29, 0.717) is 57.2 Å². The molecule has 9 aromatic rings. The van der Waals surface area contributed by atoms with Crippen molar-refractivity contribution in [1.82, 2.24) is 15.0 Å². The first-order chi connectivity index (χ1) is 26.7. The lowest BCUT2D eigenvalue weighted by molar-refractivity contribution is 0.189. The third-order valence-electron chi connectivity index (χ3n) is 10.6. The molecule has 0 saturated heterocycles. The Balaban J connectivity index is 0.933. The van der Waals surface area contributed by atoms with Crippen molar-refractivity contribution in [3.8, 4) is 22.6 Å². The van der Waals surface area contributed by atoms with Crippen LogP contribution in [-0.2, 0) is 10.2 Å². The summed E-state index contributed by atoms with van der Waals surface area (Å²) in [5, 5.41) is 7.78. The molecule has 0 amide bonds. The summed E-state index contributed by atoms with van der Waals surface area (Å²) in [5.41, 5.74) is 4.31. The molecule has 0 fully saturated rings. The minimum absolute atomic E-state index is 0.00948. The maximum Gasteiger partial charge on any atom is 0.347 e. The van der Waals surface area contributed by atoms with Gasteiger partial charge in [0.2, 0.25) is 0 Å². The van der Waals surface area contributed by atoms with Crippen molar-refractivity contribution in [3.05, 3.63) is 165 Å². The number of ether oxygens (including phenoxy) is 1. The molecule has 0 N–H and O–H groups in total. The molecular weight excluding hydrogens is 687 g/mol. The lowest BCUT2D eigenvalue weighted by atomic mass is 9.85. The second-order valence-corrected chi connectivity index (χ2v) is 15.0. The van der Waals surface area contributed by atoms with E-state index in [1.54, 1.807) is 18.5 Å². The van der Waals surface area contributed by atoms with E-state index >= 15 is 0 Å². The molecule has 1 atom stereocenters. The average Bonchev–Trinajstić information content (AvgIpc) is 3.70. The number of pyridine rings is 1. The smallest absolute Gasteiger partial charge is 0.347 e.